The third-order valence-electron chi connectivity index (χ3n) is 0.404. The Morgan fingerprint density at radius 2 is 2.57 bits per heavy atom. The van der Waals surface area contributed by atoms with E-state index in [0.29, 0.717) is 6.61 Å². The van der Waals surface area contributed by atoms with Crippen molar-refractivity contribution in [1.82, 2.24) is 0 Å². The summed E-state index contributed by atoms with van der Waals surface area (Å²) in [5, 5.41) is 0. The minimum atomic E-state index is -1.72. The fourth-order valence-electron chi connectivity index (χ4n) is 0.176. The van der Waals surface area contributed by atoms with Gasteiger partial charge in [-0.3, -0.25) is 4.57 Å². The first kappa shape index (κ1) is 6.93. The largest absolute Gasteiger partial charge is 0.326 e. The van der Waals surface area contributed by atoms with Gasteiger partial charge in [0, 0.05) is 6.66 Å². The van der Waals surface area contributed by atoms with Gasteiger partial charge in [-0.05, 0) is 0 Å². The van der Waals surface area contributed by atoms with Crippen molar-refractivity contribution in [2.45, 2.75) is 0 Å². The van der Waals surface area contributed by atoms with E-state index in [0.717, 1.165) is 0 Å². The monoisotopic (exact) mass is 120 g/mol. The van der Waals surface area contributed by atoms with Gasteiger partial charge in [-0.2, -0.15) is 0 Å². The molecule has 0 aliphatic rings. The summed E-state index contributed by atoms with van der Waals surface area (Å²) >= 11 is 0. The van der Waals surface area contributed by atoms with E-state index in [1.807, 2.05) is 0 Å². The van der Waals surface area contributed by atoms with Crippen molar-refractivity contribution in [3.8, 4) is 0 Å². The quantitative estimate of drug-likeness (QED) is 0.414. The van der Waals surface area contributed by atoms with Crippen LogP contribution >= 0.6 is 8.03 Å². The molecule has 0 aromatic rings. The predicted molar refractivity (Wildman–Crippen MR) is 31.1 cm³/mol. The van der Waals surface area contributed by atoms with Crippen molar-refractivity contribution in [3.05, 3.63) is 12.7 Å². The molecule has 42 valence electrons. The van der Waals surface area contributed by atoms with Crippen LogP contribution in [0.3, 0.4) is 0 Å². The lowest BCUT2D eigenvalue weighted by Gasteiger charge is -1.89. The molecule has 2 nitrogen and oxygen atoms in total. The van der Waals surface area contributed by atoms with E-state index in [2.05, 4.69) is 11.1 Å². The molecule has 0 aliphatic heterocycles. The van der Waals surface area contributed by atoms with E-state index in [-0.39, 0.29) is 0 Å². The molecule has 0 saturated heterocycles. The Morgan fingerprint density at radius 1 is 2.00 bits per heavy atom. The van der Waals surface area contributed by atoms with Crippen molar-refractivity contribution in [3.63, 3.8) is 0 Å². The summed E-state index contributed by atoms with van der Waals surface area (Å²) in [6.45, 7) is 5.33. The molecule has 1 unspecified atom stereocenters. The third kappa shape index (κ3) is 5.93. The molecule has 0 amide bonds. The molecule has 0 heterocycles. The SMILES string of the molecule is C=CCO[PH](C)=O. The zero-order valence-electron chi connectivity index (χ0n) is 4.31. The average Bonchev–Trinajstić information content (AvgIpc) is 1.61. The molecule has 0 radical (unpaired) electrons. The van der Waals surface area contributed by atoms with Gasteiger partial charge in [0.25, 0.3) is 0 Å². The summed E-state index contributed by atoms with van der Waals surface area (Å²) < 4.78 is 14.7. The molecule has 0 bridgehead atoms. The topological polar surface area (TPSA) is 26.3 Å². The average molecular weight is 120 g/mol. The molecule has 0 rings (SSSR count). The molecule has 1 atom stereocenters. The maximum Gasteiger partial charge on any atom is 0.188 e. The van der Waals surface area contributed by atoms with Gasteiger partial charge in [0.2, 0.25) is 0 Å². The molecule has 0 aromatic heterocycles. The Bertz CT molecular complexity index is 79.8. The molecular formula is C4H9O2P. The van der Waals surface area contributed by atoms with Crippen LogP contribution in [0.4, 0.5) is 0 Å². The first-order valence-electron chi connectivity index (χ1n) is 2.01. The fourth-order valence-corrected chi connectivity index (χ4v) is 0.529. The van der Waals surface area contributed by atoms with Crippen LogP contribution in [0.25, 0.3) is 0 Å². The molecule has 0 saturated carbocycles. The van der Waals surface area contributed by atoms with Gasteiger partial charge in [0.05, 0.1) is 6.61 Å². The summed E-state index contributed by atoms with van der Waals surface area (Å²) in [7, 11) is -1.72. The lowest BCUT2D eigenvalue weighted by molar-refractivity contribution is 0.375. The van der Waals surface area contributed by atoms with Gasteiger partial charge in [-0.1, -0.05) is 6.08 Å². The summed E-state index contributed by atoms with van der Waals surface area (Å²) in [6, 6.07) is 0. The van der Waals surface area contributed by atoms with E-state index in [1.54, 1.807) is 12.7 Å². The number of hydrogen-bond acceptors (Lipinski definition) is 2. The lowest BCUT2D eigenvalue weighted by atomic mass is 10.7. The molecule has 0 N–H and O–H groups in total. The van der Waals surface area contributed by atoms with E-state index in [9.17, 15) is 4.57 Å². The third-order valence-corrected chi connectivity index (χ3v) is 0.978. The second-order valence-electron chi connectivity index (χ2n) is 1.09. The van der Waals surface area contributed by atoms with Crippen LogP contribution in [0.5, 0.6) is 0 Å². The molecule has 3 heteroatoms. The Kier molecular flexibility index (Phi) is 4.06. The maximum atomic E-state index is 10.1. The summed E-state index contributed by atoms with van der Waals surface area (Å²) in [4.78, 5) is 0. The van der Waals surface area contributed by atoms with Crippen molar-refractivity contribution < 1.29 is 9.09 Å². The summed E-state index contributed by atoms with van der Waals surface area (Å²) in [5.41, 5.74) is 0. The predicted octanol–water partition coefficient (Wildman–Crippen LogP) is 1.29. The van der Waals surface area contributed by atoms with E-state index >= 15 is 0 Å². The molecular weight excluding hydrogens is 111 g/mol. The Morgan fingerprint density at radius 3 is 2.71 bits per heavy atom. The second-order valence-corrected chi connectivity index (χ2v) is 2.36. The highest BCUT2D eigenvalue weighted by atomic mass is 31.1. The minimum absolute atomic E-state index is 0.397. The van der Waals surface area contributed by atoms with Crippen LogP contribution in [-0.2, 0) is 9.09 Å². The van der Waals surface area contributed by atoms with Gasteiger partial charge in [0.15, 0.2) is 8.03 Å². The normalized spacial score (nSPS) is 13.3. The van der Waals surface area contributed by atoms with Gasteiger partial charge in [-0.25, -0.2) is 0 Å². The highest BCUT2D eigenvalue weighted by molar-refractivity contribution is 7.38. The van der Waals surface area contributed by atoms with Crippen LogP contribution in [0.15, 0.2) is 12.7 Å². The summed E-state index contributed by atoms with van der Waals surface area (Å²) in [6.07, 6.45) is 1.58. The van der Waals surface area contributed by atoms with Crippen molar-refractivity contribution in [1.29, 1.82) is 0 Å². The molecule has 7 heavy (non-hydrogen) atoms. The highest BCUT2D eigenvalue weighted by Gasteiger charge is 1.80. The number of rotatable bonds is 3. The summed E-state index contributed by atoms with van der Waals surface area (Å²) in [5.74, 6) is 0. The van der Waals surface area contributed by atoms with Crippen LogP contribution < -0.4 is 0 Å². The highest BCUT2D eigenvalue weighted by Crippen LogP contribution is 2.13. The first-order chi connectivity index (χ1) is 3.27. The van der Waals surface area contributed by atoms with Crippen LogP contribution in [-0.4, -0.2) is 13.3 Å². The van der Waals surface area contributed by atoms with Gasteiger partial charge in [0.1, 0.15) is 0 Å². The maximum absolute atomic E-state index is 10.1. The van der Waals surface area contributed by atoms with Crippen LogP contribution in [0.2, 0.25) is 0 Å². The second kappa shape index (κ2) is 4.10. The minimum Gasteiger partial charge on any atom is -0.326 e. The Balaban J connectivity index is 2.97. The lowest BCUT2D eigenvalue weighted by Crippen LogP contribution is -1.75. The van der Waals surface area contributed by atoms with E-state index < -0.39 is 8.03 Å². The van der Waals surface area contributed by atoms with Crippen molar-refractivity contribution in [2.24, 2.45) is 0 Å². The molecule has 0 aliphatic carbocycles. The van der Waals surface area contributed by atoms with Gasteiger partial charge >= 0.3 is 0 Å². The van der Waals surface area contributed by atoms with Crippen molar-refractivity contribution in [2.75, 3.05) is 13.3 Å². The standard InChI is InChI=1S/C4H9O2P/c1-3-4-6-7(2)5/h3,7H,1,4H2,2H3. The zero-order valence-corrected chi connectivity index (χ0v) is 5.31. The molecule has 0 aromatic carbocycles. The Hall–Kier alpha value is -0.0700. The number of hydrogen-bond donors (Lipinski definition) is 0. The Labute approximate surface area is 44.0 Å². The van der Waals surface area contributed by atoms with E-state index in [1.165, 1.54) is 0 Å². The fraction of sp³-hybridized carbons (Fsp3) is 0.500. The van der Waals surface area contributed by atoms with E-state index in [4.69, 9.17) is 0 Å². The molecule has 0 spiro atoms. The van der Waals surface area contributed by atoms with Crippen LogP contribution in [0.1, 0.15) is 0 Å². The van der Waals surface area contributed by atoms with Gasteiger partial charge in [-0.15, -0.1) is 6.58 Å². The first-order valence-corrected chi connectivity index (χ1v) is 3.83. The molecule has 0 fully saturated rings. The smallest absolute Gasteiger partial charge is 0.188 e. The zero-order chi connectivity index (χ0) is 5.70. The van der Waals surface area contributed by atoms with Crippen molar-refractivity contribution >= 4 is 8.03 Å². The van der Waals surface area contributed by atoms with Crippen LogP contribution in [0, 0.1) is 0 Å². The van der Waals surface area contributed by atoms with Gasteiger partial charge < -0.3 is 4.52 Å².